The van der Waals surface area contributed by atoms with E-state index in [9.17, 15) is 4.39 Å². The Morgan fingerprint density at radius 2 is 1.80 bits per heavy atom. The molecule has 5 rings (SSSR count). The summed E-state index contributed by atoms with van der Waals surface area (Å²) in [5.41, 5.74) is 6.91. The van der Waals surface area contributed by atoms with Gasteiger partial charge in [-0.1, -0.05) is 36.4 Å². The van der Waals surface area contributed by atoms with Gasteiger partial charge in [-0.05, 0) is 77.4 Å². The number of halogens is 1. The first-order chi connectivity index (χ1) is 14.7. The van der Waals surface area contributed by atoms with Gasteiger partial charge in [0.1, 0.15) is 5.82 Å². The molecule has 0 amide bonds. The van der Waals surface area contributed by atoms with Crippen LogP contribution in [0.5, 0.6) is 0 Å². The Morgan fingerprint density at radius 1 is 0.967 bits per heavy atom. The van der Waals surface area contributed by atoms with Crippen LogP contribution in [0, 0.1) is 5.82 Å². The van der Waals surface area contributed by atoms with Crippen LogP contribution >= 0.6 is 11.9 Å². The van der Waals surface area contributed by atoms with Crippen LogP contribution in [-0.4, -0.2) is 25.7 Å². The Balaban J connectivity index is 0.000000687. The van der Waals surface area contributed by atoms with E-state index in [2.05, 4.69) is 56.8 Å². The van der Waals surface area contributed by atoms with E-state index in [1.807, 2.05) is 6.07 Å². The molecule has 0 bridgehead atoms. The zero-order valence-electron chi connectivity index (χ0n) is 17.4. The van der Waals surface area contributed by atoms with Crippen LogP contribution < -0.4 is 4.72 Å². The largest absolute Gasteiger partial charge is 0.388 e. The van der Waals surface area contributed by atoms with Gasteiger partial charge in [0.05, 0.1) is 0 Å². The van der Waals surface area contributed by atoms with E-state index >= 15 is 0 Å². The SMILES string of the molecule is COC.Fc1cccc(SNc2ccc3c(c2)CN2CCc4ccccc4C2C3)c1. The lowest BCUT2D eigenvalue weighted by Gasteiger charge is -2.41. The number of fused-ring (bicyclic) bond motifs is 4. The highest BCUT2D eigenvalue weighted by Crippen LogP contribution is 2.38. The maximum absolute atomic E-state index is 13.3. The summed E-state index contributed by atoms with van der Waals surface area (Å²) >= 11 is 1.45. The summed E-state index contributed by atoms with van der Waals surface area (Å²) in [5.74, 6) is -0.205. The van der Waals surface area contributed by atoms with Gasteiger partial charge >= 0.3 is 0 Å². The molecule has 0 radical (unpaired) electrons. The molecule has 0 fully saturated rings. The second-order valence-electron chi connectivity index (χ2n) is 7.69. The zero-order chi connectivity index (χ0) is 20.9. The number of ether oxygens (including phenoxy) is 1. The molecule has 0 spiro atoms. The molecule has 3 aromatic rings. The monoisotopic (exact) mass is 422 g/mol. The summed E-state index contributed by atoms with van der Waals surface area (Å²) < 4.78 is 20.9. The first-order valence-electron chi connectivity index (χ1n) is 10.2. The third-order valence-corrected chi connectivity index (χ3v) is 6.43. The molecule has 0 aromatic heterocycles. The standard InChI is InChI=1S/C23H21FN2S.C2H6O/c24-19-5-3-6-21(14-19)27-25-20-9-8-17-13-23-22-7-2-1-4-16(22)10-11-26(23)15-18(17)12-20;1-3-2/h1-9,12,14,23,25H,10-11,13,15H2;1-2H3. The minimum atomic E-state index is -0.205. The molecule has 2 aliphatic rings. The van der Waals surface area contributed by atoms with Crippen molar-refractivity contribution in [3.63, 3.8) is 0 Å². The number of nitrogens with one attached hydrogen (secondary N) is 1. The number of nitrogens with zero attached hydrogens (tertiary/aromatic N) is 1. The lowest BCUT2D eigenvalue weighted by Crippen LogP contribution is -2.39. The number of methoxy groups -OCH3 is 1. The molecule has 1 atom stereocenters. The molecule has 3 nitrogen and oxygen atoms in total. The summed E-state index contributed by atoms with van der Waals surface area (Å²) in [4.78, 5) is 3.48. The number of rotatable bonds is 3. The maximum atomic E-state index is 13.3. The molecule has 0 aliphatic carbocycles. The van der Waals surface area contributed by atoms with Crippen LogP contribution in [0.2, 0.25) is 0 Å². The van der Waals surface area contributed by atoms with Crippen LogP contribution in [0.4, 0.5) is 10.1 Å². The third kappa shape index (κ3) is 4.69. The first-order valence-corrected chi connectivity index (χ1v) is 11.0. The van der Waals surface area contributed by atoms with Crippen molar-refractivity contribution in [3.8, 4) is 0 Å². The van der Waals surface area contributed by atoms with Gasteiger partial charge in [-0.2, -0.15) is 0 Å². The highest BCUT2D eigenvalue weighted by atomic mass is 32.2. The summed E-state index contributed by atoms with van der Waals surface area (Å²) in [6.45, 7) is 2.12. The van der Waals surface area contributed by atoms with Crippen LogP contribution in [0.15, 0.2) is 71.6 Å². The average Bonchev–Trinajstić information content (AvgIpc) is 2.77. The Bertz CT molecular complexity index is 1010. The smallest absolute Gasteiger partial charge is 0.124 e. The maximum Gasteiger partial charge on any atom is 0.124 e. The fraction of sp³-hybridized carbons (Fsp3) is 0.280. The van der Waals surface area contributed by atoms with Crippen LogP contribution in [0.3, 0.4) is 0 Å². The summed E-state index contributed by atoms with van der Waals surface area (Å²) in [5, 5.41) is 0. The van der Waals surface area contributed by atoms with E-state index in [1.54, 1.807) is 26.4 Å². The molecular formula is C25H27FN2OS. The summed E-state index contributed by atoms with van der Waals surface area (Å²) in [6, 6.07) is 22.7. The summed E-state index contributed by atoms with van der Waals surface area (Å²) in [7, 11) is 3.25. The lowest BCUT2D eigenvalue weighted by atomic mass is 9.84. The number of hydrogen-bond acceptors (Lipinski definition) is 4. The molecule has 1 unspecified atom stereocenters. The van der Waals surface area contributed by atoms with Gasteiger partial charge in [0, 0.05) is 43.9 Å². The highest BCUT2D eigenvalue weighted by molar-refractivity contribution is 8.00. The molecule has 1 N–H and O–H groups in total. The predicted molar refractivity (Wildman–Crippen MR) is 122 cm³/mol. The molecule has 0 saturated carbocycles. The molecule has 30 heavy (non-hydrogen) atoms. The second kappa shape index (κ2) is 9.65. The summed E-state index contributed by atoms with van der Waals surface area (Å²) in [6.07, 6.45) is 2.21. The van der Waals surface area contributed by atoms with Crippen molar-refractivity contribution in [1.29, 1.82) is 0 Å². The van der Waals surface area contributed by atoms with Gasteiger partial charge in [-0.15, -0.1) is 0 Å². The quantitative estimate of drug-likeness (QED) is 0.534. The van der Waals surface area contributed by atoms with Crippen molar-refractivity contribution < 1.29 is 9.13 Å². The number of anilines is 1. The van der Waals surface area contributed by atoms with Gasteiger partial charge < -0.3 is 9.46 Å². The molecule has 0 saturated heterocycles. The van der Waals surface area contributed by atoms with Crippen molar-refractivity contribution in [2.75, 3.05) is 25.5 Å². The van der Waals surface area contributed by atoms with E-state index in [0.717, 1.165) is 36.5 Å². The van der Waals surface area contributed by atoms with E-state index in [-0.39, 0.29) is 5.82 Å². The Labute approximate surface area is 182 Å². The van der Waals surface area contributed by atoms with Gasteiger partial charge in [-0.3, -0.25) is 4.90 Å². The van der Waals surface area contributed by atoms with E-state index in [0.29, 0.717) is 6.04 Å². The van der Waals surface area contributed by atoms with Crippen molar-refractivity contribution in [2.45, 2.75) is 30.3 Å². The number of benzene rings is 3. The Hall–Kier alpha value is -2.34. The van der Waals surface area contributed by atoms with Crippen molar-refractivity contribution in [1.82, 2.24) is 4.90 Å². The van der Waals surface area contributed by atoms with Crippen LogP contribution in [-0.2, 0) is 24.1 Å². The molecule has 5 heteroatoms. The molecule has 2 heterocycles. The molecule has 2 aliphatic heterocycles. The van der Waals surface area contributed by atoms with Crippen LogP contribution in [0.1, 0.15) is 28.3 Å². The minimum Gasteiger partial charge on any atom is -0.388 e. The molecular weight excluding hydrogens is 395 g/mol. The lowest BCUT2D eigenvalue weighted by molar-refractivity contribution is 0.161. The normalized spacial score (nSPS) is 17.1. The van der Waals surface area contributed by atoms with Crippen LogP contribution in [0.25, 0.3) is 0 Å². The van der Waals surface area contributed by atoms with Crippen molar-refractivity contribution >= 4 is 17.6 Å². The van der Waals surface area contributed by atoms with E-state index in [4.69, 9.17) is 0 Å². The van der Waals surface area contributed by atoms with Gasteiger partial charge in [-0.25, -0.2) is 4.39 Å². The van der Waals surface area contributed by atoms with E-state index < -0.39 is 0 Å². The van der Waals surface area contributed by atoms with Gasteiger partial charge in [0.2, 0.25) is 0 Å². The number of hydrogen-bond donors (Lipinski definition) is 1. The molecule has 156 valence electrons. The fourth-order valence-corrected chi connectivity index (χ4v) is 4.92. The topological polar surface area (TPSA) is 24.5 Å². The third-order valence-electron chi connectivity index (χ3n) is 5.60. The predicted octanol–water partition coefficient (Wildman–Crippen LogP) is 5.86. The minimum absolute atomic E-state index is 0.205. The molecule has 3 aromatic carbocycles. The zero-order valence-corrected chi connectivity index (χ0v) is 18.2. The Kier molecular flexibility index (Phi) is 6.72. The van der Waals surface area contributed by atoms with Crippen molar-refractivity contribution in [3.05, 3.63) is 94.8 Å². The van der Waals surface area contributed by atoms with E-state index in [1.165, 1.54) is 40.3 Å². The second-order valence-corrected chi connectivity index (χ2v) is 8.57. The Morgan fingerprint density at radius 3 is 2.63 bits per heavy atom. The fourth-order valence-electron chi connectivity index (χ4n) is 4.24. The first kappa shape index (κ1) is 20.9. The average molecular weight is 423 g/mol. The van der Waals surface area contributed by atoms with Gasteiger partial charge in [0.25, 0.3) is 0 Å². The highest BCUT2D eigenvalue weighted by Gasteiger charge is 2.31. The van der Waals surface area contributed by atoms with Crippen molar-refractivity contribution in [2.24, 2.45) is 0 Å². The van der Waals surface area contributed by atoms with Gasteiger partial charge in [0.15, 0.2) is 0 Å².